The predicted molar refractivity (Wildman–Crippen MR) is 214 cm³/mol. The molecule has 22 aliphatic heterocycles. The van der Waals surface area contributed by atoms with Crippen molar-refractivity contribution in [3.05, 3.63) is 12.3 Å². The summed E-state index contributed by atoms with van der Waals surface area (Å²) >= 11 is 0. The molecule has 22 heterocycles. The van der Waals surface area contributed by atoms with E-state index in [0.29, 0.717) is 6.42 Å². The molecule has 22 saturated heterocycles. The third-order valence-electron chi connectivity index (χ3n) is 13.2. The maximum absolute atomic E-state index is 11.7. The van der Waals surface area contributed by atoms with Crippen molar-refractivity contribution in [2.45, 2.75) is 198 Å². The molecule has 0 aromatic heterocycles. The van der Waals surface area contributed by atoms with Gasteiger partial charge in [-0.3, -0.25) is 0 Å². The molecule has 12 bridgehead atoms. The Morgan fingerprint density at radius 1 is 0.300 bits per heavy atom. The van der Waals surface area contributed by atoms with Crippen LogP contribution in [0.15, 0.2) is 12.3 Å². The summed E-state index contributed by atoms with van der Waals surface area (Å²) in [6, 6.07) is 0. The molecular formula is C40H66O30. The molecule has 0 aromatic rings. The fourth-order valence-corrected chi connectivity index (χ4v) is 9.31. The Labute approximate surface area is 397 Å². The Bertz CT molecular complexity index is 1630. The lowest BCUT2D eigenvalue weighted by Crippen LogP contribution is -2.69. The molecule has 17 N–H and O–H groups in total. The van der Waals surface area contributed by atoms with Crippen LogP contribution in [-0.2, 0) is 61.6 Å². The van der Waals surface area contributed by atoms with E-state index in [4.69, 9.17) is 61.6 Å². The molecule has 0 aliphatic carbocycles. The average molecular weight is 1030 g/mol. The van der Waals surface area contributed by atoms with Crippen LogP contribution in [0, 0.1) is 0 Å². The average Bonchev–Trinajstić information content (AvgIpc) is 3.35. The maximum atomic E-state index is 11.7. The minimum absolute atomic E-state index is 0.419. The van der Waals surface area contributed by atoms with Crippen LogP contribution in [-0.4, -0.2) is 311 Å². The highest BCUT2D eigenvalue weighted by atomic mass is 16.8. The Hall–Kier alpha value is -1.62. The lowest BCUT2D eigenvalue weighted by atomic mass is 9.94. The van der Waals surface area contributed by atoms with Gasteiger partial charge in [-0.15, -0.1) is 0 Å². The van der Waals surface area contributed by atoms with Crippen molar-refractivity contribution >= 4 is 0 Å². The van der Waals surface area contributed by atoms with Crippen molar-refractivity contribution in [2.24, 2.45) is 0 Å². The summed E-state index contributed by atoms with van der Waals surface area (Å²) in [5, 5.41) is 187. The summed E-state index contributed by atoms with van der Waals surface area (Å²) in [5.41, 5.74) is 0. The van der Waals surface area contributed by atoms with Gasteiger partial charge < -0.3 is 148 Å². The molecule has 0 spiro atoms. The van der Waals surface area contributed by atoms with E-state index < -0.39 is 224 Å². The zero-order chi connectivity index (χ0) is 50.9. The molecule has 0 unspecified atom stereocenters. The normalized spacial score (nSPS) is 52.9. The number of hydrogen-bond acceptors (Lipinski definition) is 30. The lowest BCUT2D eigenvalue weighted by molar-refractivity contribution is -0.404. The number of rotatable bonds is 9. The van der Waals surface area contributed by atoms with E-state index in [1.165, 1.54) is 6.08 Å². The molecule has 70 heavy (non-hydrogen) atoms. The molecule has 0 aromatic carbocycles. The van der Waals surface area contributed by atoms with E-state index in [9.17, 15) is 86.8 Å². The van der Waals surface area contributed by atoms with Crippen molar-refractivity contribution in [3.63, 3.8) is 0 Å². The Kier molecular flexibility index (Phi) is 19.5. The van der Waals surface area contributed by atoms with Gasteiger partial charge in [-0.2, -0.15) is 0 Å². The number of aliphatic hydroxyl groups excluding tert-OH is 17. The smallest absolute Gasteiger partial charge is 0.188 e. The molecule has 30 atom stereocenters. The summed E-state index contributed by atoms with van der Waals surface area (Å²) in [6.07, 6.45) is -54.0. The van der Waals surface area contributed by atoms with Crippen molar-refractivity contribution in [1.82, 2.24) is 0 Å². The number of hydrogen-bond donors (Lipinski definition) is 17. The summed E-state index contributed by atoms with van der Waals surface area (Å²) in [5.74, 6) is 0. The fraction of sp³-hybridized carbons (Fsp3) is 0.950. The molecule has 406 valence electrons. The lowest BCUT2D eigenvalue weighted by Gasteiger charge is -2.51. The van der Waals surface area contributed by atoms with Gasteiger partial charge in [0.15, 0.2) is 43.8 Å². The second-order valence-electron chi connectivity index (χ2n) is 17.7. The highest BCUT2D eigenvalue weighted by molar-refractivity contribution is 5.01. The van der Waals surface area contributed by atoms with Crippen molar-refractivity contribution in [1.29, 1.82) is 0 Å². The van der Waals surface area contributed by atoms with Gasteiger partial charge in [0, 0.05) is 0 Å². The van der Waals surface area contributed by atoms with Crippen LogP contribution >= 0.6 is 0 Å². The van der Waals surface area contributed by atoms with Crippen LogP contribution in [0.2, 0.25) is 0 Å². The third kappa shape index (κ3) is 11.2. The summed E-state index contributed by atoms with van der Waals surface area (Å²) in [6.45, 7) is -4.11. The molecule has 0 radical (unpaired) electrons. The van der Waals surface area contributed by atoms with Gasteiger partial charge in [0.1, 0.15) is 140 Å². The van der Waals surface area contributed by atoms with Gasteiger partial charge in [0.2, 0.25) is 0 Å². The summed E-state index contributed by atoms with van der Waals surface area (Å²) in [4.78, 5) is 0. The van der Waals surface area contributed by atoms with Crippen LogP contribution in [0.3, 0.4) is 0 Å². The van der Waals surface area contributed by atoms with Gasteiger partial charge in [-0.1, -0.05) is 13.0 Å². The molecule has 0 amide bonds. The van der Waals surface area contributed by atoms with Crippen molar-refractivity contribution in [3.8, 4) is 0 Å². The second kappa shape index (κ2) is 24.4. The topological polar surface area (TPSA) is 464 Å². The van der Waals surface area contributed by atoms with Gasteiger partial charge >= 0.3 is 0 Å². The summed E-state index contributed by atoms with van der Waals surface area (Å²) in [7, 11) is 0. The van der Waals surface area contributed by atoms with E-state index in [1.807, 2.05) is 0 Å². The first kappa shape index (κ1) is 56.1. The van der Waals surface area contributed by atoms with Crippen LogP contribution in [0.5, 0.6) is 0 Å². The Balaban J connectivity index is 1.22. The first-order chi connectivity index (χ1) is 33.5. The Morgan fingerprint density at radius 3 is 0.743 bits per heavy atom. The first-order valence-corrected chi connectivity index (χ1v) is 22.8. The van der Waals surface area contributed by atoms with Gasteiger partial charge in [0.05, 0.1) is 45.9 Å². The van der Waals surface area contributed by atoms with Crippen molar-refractivity contribution in [2.75, 3.05) is 39.6 Å². The quantitative estimate of drug-likeness (QED) is 0.0954. The number of ether oxygens (including phenoxy) is 13. The standard InChI is InChI=1S/C40H66O30/c1-2-3-4-58-34-27(57)40-64-16(10-46)33(34)70-39-26(56)21(51)31(14(8-44)63-39)68-37-24(54)19(49)29(12(6-42)61-37)66-35-22(52)17(47)28(11(5-41)59-35)65-36-23(53)18(48)30(13(7-43)60-36)67-38-25(55)20(50)32(69-40)15(9-45)62-38/h3-4,11-57H,2,5-10H2,1H3/b4-3+/t11-,12-,13-,14-,15-,16-,17-,18-,19-,20-,21-,22-,23-,24-,25-,26-,27-,28-,29-,30-,31-,32-,33+,34-,35-,36-,37-,38-,39-,40-/m1/s1. The van der Waals surface area contributed by atoms with Gasteiger partial charge in [-0.25, -0.2) is 0 Å². The minimum atomic E-state index is -2.14. The van der Waals surface area contributed by atoms with Crippen molar-refractivity contribution < 1.29 is 148 Å². The zero-order valence-electron chi connectivity index (χ0n) is 37.3. The van der Waals surface area contributed by atoms with Gasteiger partial charge in [0.25, 0.3) is 0 Å². The molecule has 30 nitrogen and oxygen atoms in total. The van der Waals surface area contributed by atoms with Crippen LogP contribution in [0.4, 0.5) is 0 Å². The van der Waals surface area contributed by atoms with Crippen LogP contribution < -0.4 is 0 Å². The van der Waals surface area contributed by atoms with Crippen LogP contribution in [0.25, 0.3) is 0 Å². The second-order valence-corrected chi connectivity index (χ2v) is 17.7. The molecule has 22 rings (SSSR count). The number of aliphatic hydroxyl groups is 17. The fourth-order valence-electron chi connectivity index (χ4n) is 9.31. The monoisotopic (exact) mass is 1030 g/mol. The van der Waals surface area contributed by atoms with E-state index >= 15 is 0 Å². The SMILES string of the molecule is CC/C=C/O[C@@H]1[C@@H](O)[C@H]2O[C@H]3[C@H](O)[C@@H](O)[C@@H](O[C@H]4[C@H](O)[C@@H](O)[C@@H](O[C@H]5[C@H](O)[C@@H](O)[C@@H](O[C@H]6[C@H](O)[C@@H](O)[C@@H](O[C@H]7[C@H](O)[C@@H](O)[C@@H](O[C@H]1[C@@H](CO)O2)O[C@@H]7CO)O[C@@H]6CO)O[C@@H]5CO)O[C@@H]4CO)O[C@@H]3CO. The molecule has 30 heteroatoms. The molecular weight excluding hydrogens is 960 g/mol. The first-order valence-electron chi connectivity index (χ1n) is 22.8. The minimum Gasteiger partial charge on any atom is -0.493 e. The van der Waals surface area contributed by atoms with E-state index in [2.05, 4.69) is 0 Å². The van der Waals surface area contributed by atoms with E-state index in [1.54, 1.807) is 6.92 Å². The van der Waals surface area contributed by atoms with E-state index in [0.717, 1.165) is 6.26 Å². The highest BCUT2D eigenvalue weighted by Crippen LogP contribution is 2.38. The largest absolute Gasteiger partial charge is 0.493 e. The third-order valence-corrected chi connectivity index (χ3v) is 13.2. The molecule has 0 saturated carbocycles. The summed E-state index contributed by atoms with van der Waals surface area (Å²) < 4.78 is 75.0. The molecule has 22 aliphatic rings. The maximum Gasteiger partial charge on any atom is 0.188 e. The van der Waals surface area contributed by atoms with Gasteiger partial charge in [-0.05, 0) is 6.42 Å². The van der Waals surface area contributed by atoms with E-state index in [-0.39, 0.29) is 0 Å². The van der Waals surface area contributed by atoms with Crippen LogP contribution in [0.1, 0.15) is 13.3 Å². The predicted octanol–water partition coefficient (Wildman–Crippen LogP) is -11.1. The zero-order valence-corrected chi connectivity index (χ0v) is 37.3. The molecule has 22 fully saturated rings. The Morgan fingerprint density at radius 2 is 0.514 bits per heavy atom. The number of allylic oxidation sites excluding steroid dienone is 1. The highest BCUT2D eigenvalue weighted by Gasteiger charge is 2.59.